The monoisotopic (exact) mass is 439 g/mol. The number of carboxylic acid groups (broad SMARTS) is 1. The predicted octanol–water partition coefficient (Wildman–Crippen LogP) is 1.53. The number of carbonyl (C=O) groups excluding carboxylic acids is 1. The molecule has 0 saturated heterocycles. The topological polar surface area (TPSA) is 124 Å². The van der Waals surface area contributed by atoms with Crippen LogP contribution in [0.3, 0.4) is 0 Å². The van der Waals surface area contributed by atoms with Crippen molar-refractivity contribution in [1.82, 2.24) is 5.32 Å². The molecule has 0 radical (unpaired) electrons. The zero-order chi connectivity index (χ0) is 19.1. The first-order valence-electron chi connectivity index (χ1n) is 7.57. The summed E-state index contributed by atoms with van der Waals surface area (Å²) in [4.78, 5) is 21.7. The molecule has 2 N–H and O–H groups in total. The number of carboxylic acids is 1. The molecule has 0 saturated carbocycles. The first-order valence-corrected chi connectivity index (χ1v) is 9.14. The van der Waals surface area contributed by atoms with Crippen LogP contribution in [0.25, 0.3) is 0 Å². The van der Waals surface area contributed by atoms with Gasteiger partial charge in [-0.15, -0.1) is 0 Å². The summed E-state index contributed by atoms with van der Waals surface area (Å²) in [6, 6.07) is 0. The molecule has 0 fully saturated rings. The molecule has 1 amide bonds. The molecule has 170 valence electrons. The van der Waals surface area contributed by atoms with Gasteiger partial charge in [-0.25, -0.2) is 8.42 Å². The fourth-order valence-corrected chi connectivity index (χ4v) is 2.23. The molecule has 1 unspecified atom stereocenters. The SMILES string of the molecule is C.C.C.C.CCC(C)(C)C(=O)O.CCC(C)C(=O)NC(C)(C)CS(=O)(=O)[O-].[Na+]. The standard InChI is InChI=1S/C9H19NO4S.C6H12O2.4CH4.Na/c1-5-7(2)8(11)10-9(3,4)6-15(12,13)14;1-4-6(2,3)5(7)8;;;;;/h7H,5-6H2,1-4H3,(H,10,11)(H,12,13,14);4H2,1-3H3,(H,7,8);4*1H4;/q;;;;;;+1/p-1. The first-order chi connectivity index (χ1) is 10.1. The van der Waals surface area contributed by atoms with E-state index in [-0.39, 0.29) is 71.1 Å². The van der Waals surface area contributed by atoms with Crippen LogP contribution in [0.4, 0.5) is 0 Å². The average Bonchev–Trinajstić information content (AvgIpc) is 2.34. The van der Waals surface area contributed by atoms with Crippen molar-refractivity contribution in [3.05, 3.63) is 0 Å². The molecule has 0 aliphatic heterocycles. The van der Waals surface area contributed by atoms with Crippen LogP contribution in [-0.4, -0.2) is 41.2 Å². The average molecular weight is 440 g/mol. The number of hydrogen-bond acceptors (Lipinski definition) is 5. The maximum absolute atomic E-state index is 11.5. The number of nitrogens with one attached hydrogen (secondary N) is 1. The molecule has 28 heavy (non-hydrogen) atoms. The molecule has 9 heteroatoms. The van der Waals surface area contributed by atoms with E-state index in [2.05, 4.69) is 5.32 Å². The number of carbonyl (C=O) groups is 2. The molecule has 0 aromatic carbocycles. The third kappa shape index (κ3) is 23.9. The van der Waals surface area contributed by atoms with E-state index in [0.29, 0.717) is 12.8 Å². The molecule has 0 aliphatic carbocycles. The molecule has 0 heterocycles. The Morgan fingerprint density at radius 1 is 1.04 bits per heavy atom. The minimum atomic E-state index is -4.32. The summed E-state index contributed by atoms with van der Waals surface area (Å²) in [5.41, 5.74) is -1.55. The molecule has 0 spiro atoms. The maximum Gasteiger partial charge on any atom is 1.00 e. The Kier molecular flexibility index (Phi) is 31.1. The van der Waals surface area contributed by atoms with Crippen LogP contribution in [0.15, 0.2) is 0 Å². The summed E-state index contributed by atoms with van der Waals surface area (Å²) >= 11 is 0. The summed E-state index contributed by atoms with van der Waals surface area (Å²) < 4.78 is 31.7. The van der Waals surface area contributed by atoms with Crippen LogP contribution < -0.4 is 34.9 Å². The second-order valence-corrected chi connectivity index (χ2v) is 8.33. The van der Waals surface area contributed by atoms with Crippen molar-refractivity contribution in [1.29, 1.82) is 0 Å². The van der Waals surface area contributed by atoms with Gasteiger partial charge in [0.05, 0.1) is 21.3 Å². The van der Waals surface area contributed by atoms with Crippen LogP contribution in [0.1, 0.15) is 91.0 Å². The minimum absolute atomic E-state index is 0. The van der Waals surface area contributed by atoms with E-state index in [9.17, 15) is 22.6 Å². The minimum Gasteiger partial charge on any atom is -0.748 e. The van der Waals surface area contributed by atoms with Gasteiger partial charge in [0.15, 0.2) is 0 Å². The Labute approximate surface area is 197 Å². The van der Waals surface area contributed by atoms with Crippen LogP contribution in [0.5, 0.6) is 0 Å². The van der Waals surface area contributed by atoms with Gasteiger partial charge < -0.3 is 15.0 Å². The number of amides is 1. The molecular formula is C19H46NNaO6S. The molecule has 0 aromatic rings. The number of rotatable bonds is 7. The van der Waals surface area contributed by atoms with Crippen LogP contribution in [0, 0.1) is 11.3 Å². The zero-order valence-corrected chi connectivity index (χ0v) is 18.9. The Hall–Kier alpha value is -0.150. The van der Waals surface area contributed by atoms with Gasteiger partial charge in [0.1, 0.15) is 0 Å². The van der Waals surface area contributed by atoms with Crippen LogP contribution >= 0.6 is 0 Å². The largest absolute Gasteiger partial charge is 1.00 e. The van der Waals surface area contributed by atoms with Gasteiger partial charge in [-0.05, 0) is 40.5 Å². The van der Waals surface area contributed by atoms with E-state index in [1.165, 1.54) is 13.8 Å². The predicted molar refractivity (Wildman–Crippen MR) is 115 cm³/mol. The van der Waals surface area contributed by atoms with Crippen molar-refractivity contribution in [2.45, 2.75) is 96.6 Å². The van der Waals surface area contributed by atoms with Gasteiger partial charge in [0.2, 0.25) is 5.91 Å². The van der Waals surface area contributed by atoms with E-state index in [0.717, 1.165) is 0 Å². The Morgan fingerprint density at radius 2 is 1.39 bits per heavy atom. The van der Waals surface area contributed by atoms with E-state index < -0.39 is 32.8 Å². The summed E-state index contributed by atoms with van der Waals surface area (Å²) in [5, 5.41) is 11.0. The summed E-state index contributed by atoms with van der Waals surface area (Å²) in [6.07, 6.45) is 1.36. The van der Waals surface area contributed by atoms with E-state index in [4.69, 9.17) is 5.11 Å². The molecule has 0 bridgehead atoms. The summed E-state index contributed by atoms with van der Waals surface area (Å²) in [7, 11) is -4.32. The van der Waals surface area contributed by atoms with E-state index >= 15 is 0 Å². The van der Waals surface area contributed by atoms with Crippen molar-refractivity contribution >= 4 is 22.0 Å². The van der Waals surface area contributed by atoms with Gasteiger partial charge in [-0.3, -0.25) is 9.59 Å². The van der Waals surface area contributed by atoms with Crippen LogP contribution in [0.2, 0.25) is 0 Å². The van der Waals surface area contributed by atoms with Crippen molar-refractivity contribution in [2.75, 3.05) is 5.75 Å². The molecular weight excluding hydrogens is 393 g/mol. The van der Waals surface area contributed by atoms with Crippen molar-refractivity contribution < 1.29 is 57.2 Å². The van der Waals surface area contributed by atoms with Crippen molar-refractivity contribution in [3.8, 4) is 0 Å². The van der Waals surface area contributed by atoms with Crippen molar-refractivity contribution in [3.63, 3.8) is 0 Å². The second-order valence-electron chi connectivity index (χ2n) is 6.93. The zero-order valence-electron chi connectivity index (χ0n) is 16.1. The van der Waals surface area contributed by atoms with E-state index in [1.54, 1.807) is 20.8 Å². The maximum atomic E-state index is 11.5. The molecule has 1 atom stereocenters. The summed E-state index contributed by atoms with van der Waals surface area (Å²) in [6.45, 7) is 11.9. The van der Waals surface area contributed by atoms with Gasteiger partial charge in [-0.1, -0.05) is 50.5 Å². The molecule has 0 aliphatic rings. The quantitative estimate of drug-likeness (QED) is 0.458. The first kappa shape index (κ1) is 46.2. The number of aliphatic carboxylic acids is 1. The van der Waals surface area contributed by atoms with Crippen LogP contribution in [-0.2, 0) is 19.7 Å². The van der Waals surface area contributed by atoms with E-state index in [1.807, 2.05) is 13.8 Å². The Morgan fingerprint density at radius 3 is 1.57 bits per heavy atom. The third-order valence-electron chi connectivity index (χ3n) is 3.52. The van der Waals surface area contributed by atoms with Gasteiger partial charge in [0, 0.05) is 11.5 Å². The van der Waals surface area contributed by atoms with Gasteiger partial charge in [-0.2, -0.15) is 0 Å². The van der Waals surface area contributed by atoms with Crippen molar-refractivity contribution in [2.24, 2.45) is 11.3 Å². The molecule has 7 nitrogen and oxygen atoms in total. The summed E-state index contributed by atoms with van der Waals surface area (Å²) in [5.74, 6) is -1.73. The number of hydrogen-bond donors (Lipinski definition) is 2. The molecule has 0 rings (SSSR count). The Bertz CT molecular complexity index is 505. The van der Waals surface area contributed by atoms with Gasteiger partial charge >= 0.3 is 35.5 Å². The normalized spacial score (nSPS) is 11.1. The fourth-order valence-electron chi connectivity index (χ4n) is 1.27. The Balaban J connectivity index is -0.0000000599. The smallest absolute Gasteiger partial charge is 0.748 e. The fraction of sp³-hybridized carbons (Fsp3) is 0.895. The second kappa shape index (κ2) is 18.9. The van der Waals surface area contributed by atoms with Gasteiger partial charge in [0.25, 0.3) is 0 Å². The third-order valence-corrected chi connectivity index (χ3v) is 4.60. The molecule has 0 aromatic heterocycles.